The molecule has 0 saturated carbocycles. The largest absolute Gasteiger partial charge is 0.445 e. The van der Waals surface area contributed by atoms with Crippen LogP contribution in [-0.2, 0) is 9.47 Å². The van der Waals surface area contributed by atoms with Crippen LogP contribution in [0.2, 0.25) is 0 Å². The summed E-state index contributed by atoms with van der Waals surface area (Å²) in [6.45, 7) is 18.1. The van der Waals surface area contributed by atoms with E-state index in [0.29, 0.717) is 25.9 Å². The SMILES string of the molecule is C=C/C=C(\C=C)COC(=O)N(C)C1CCN(C(=O)OC(C)(C)C)CC1.CC. The first kappa shape index (κ1) is 24.8. The van der Waals surface area contributed by atoms with Crippen molar-refractivity contribution in [1.29, 1.82) is 0 Å². The minimum absolute atomic E-state index is 0.0433. The minimum atomic E-state index is -0.504. The summed E-state index contributed by atoms with van der Waals surface area (Å²) in [5, 5.41) is 0. The van der Waals surface area contributed by atoms with Crippen molar-refractivity contribution in [2.45, 2.75) is 59.1 Å². The number of nitrogens with zero attached hydrogens (tertiary/aromatic N) is 2. The van der Waals surface area contributed by atoms with E-state index >= 15 is 0 Å². The maximum absolute atomic E-state index is 12.2. The first-order chi connectivity index (χ1) is 12.7. The van der Waals surface area contributed by atoms with Crippen LogP contribution in [0.15, 0.2) is 37.0 Å². The lowest BCUT2D eigenvalue weighted by molar-refractivity contribution is 0.0156. The third-order valence-corrected chi connectivity index (χ3v) is 3.91. The average molecular weight is 381 g/mol. The number of amides is 2. The second-order valence-electron chi connectivity index (χ2n) is 7.05. The summed E-state index contributed by atoms with van der Waals surface area (Å²) in [6.07, 6.45) is 5.71. The lowest BCUT2D eigenvalue weighted by Gasteiger charge is -2.36. The topological polar surface area (TPSA) is 59.1 Å². The standard InChI is InChI=1S/C19H30N2O4.C2H6/c1-7-9-15(8-2)14-24-17(22)20(6)16-10-12-21(13-11-16)18(23)25-19(3,4)5;1-2/h7-9,16H,1-2,10-14H2,3-6H3;1-2H3/b15-9+;. The predicted molar refractivity (Wildman–Crippen MR) is 110 cm³/mol. The first-order valence-electron chi connectivity index (χ1n) is 9.49. The number of carbonyl (C=O) groups is 2. The van der Waals surface area contributed by atoms with E-state index in [1.54, 1.807) is 35.1 Å². The van der Waals surface area contributed by atoms with Crippen molar-refractivity contribution < 1.29 is 19.1 Å². The van der Waals surface area contributed by atoms with Gasteiger partial charge in [0, 0.05) is 26.2 Å². The zero-order chi connectivity index (χ0) is 21.0. The Morgan fingerprint density at radius 3 is 2.19 bits per heavy atom. The molecule has 0 N–H and O–H groups in total. The highest BCUT2D eigenvalue weighted by molar-refractivity contribution is 5.69. The quantitative estimate of drug-likeness (QED) is 0.644. The highest BCUT2D eigenvalue weighted by atomic mass is 16.6. The minimum Gasteiger partial charge on any atom is -0.445 e. The fraction of sp³-hybridized carbons (Fsp3) is 0.619. The Labute approximate surface area is 164 Å². The fourth-order valence-electron chi connectivity index (χ4n) is 2.48. The molecular weight excluding hydrogens is 344 g/mol. The summed E-state index contributed by atoms with van der Waals surface area (Å²) in [6, 6.07) is 0.0433. The van der Waals surface area contributed by atoms with E-state index in [-0.39, 0.29) is 24.8 Å². The van der Waals surface area contributed by atoms with E-state index in [1.165, 1.54) is 0 Å². The number of rotatable bonds is 5. The Bertz CT molecular complexity index is 527. The maximum Gasteiger partial charge on any atom is 0.410 e. The zero-order valence-electron chi connectivity index (χ0n) is 17.8. The van der Waals surface area contributed by atoms with Crippen LogP contribution in [0.5, 0.6) is 0 Å². The molecule has 6 nitrogen and oxygen atoms in total. The molecular formula is C21H36N2O4. The van der Waals surface area contributed by atoms with E-state index < -0.39 is 5.60 Å². The molecule has 0 aromatic carbocycles. The Balaban J connectivity index is 0.00000326. The first-order valence-corrected chi connectivity index (χ1v) is 9.49. The molecule has 1 rings (SSSR count). The molecule has 1 fully saturated rings. The molecule has 0 atom stereocenters. The van der Waals surface area contributed by atoms with Gasteiger partial charge < -0.3 is 19.3 Å². The monoisotopic (exact) mass is 380 g/mol. The van der Waals surface area contributed by atoms with Crippen molar-refractivity contribution >= 4 is 12.2 Å². The van der Waals surface area contributed by atoms with Gasteiger partial charge in [-0.15, -0.1) is 0 Å². The summed E-state index contributed by atoms with van der Waals surface area (Å²) in [5.74, 6) is 0. The van der Waals surface area contributed by atoms with Gasteiger partial charge in [0.25, 0.3) is 0 Å². The van der Waals surface area contributed by atoms with Crippen LogP contribution in [0.4, 0.5) is 9.59 Å². The highest BCUT2D eigenvalue weighted by Crippen LogP contribution is 2.19. The number of allylic oxidation sites excluding steroid dienone is 2. The third kappa shape index (κ3) is 9.31. The summed E-state index contributed by atoms with van der Waals surface area (Å²) in [7, 11) is 1.72. The molecule has 1 heterocycles. The summed E-state index contributed by atoms with van der Waals surface area (Å²) in [5.41, 5.74) is 0.285. The Kier molecular flexibility index (Phi) is 11.2. The van der Waals surface area contributed by atoms with Crippen LogP contribution in [0.1, 0.15) is 47.5 Å². The normalized spacial score (nSPS) is 15.2. The van der Waals surface area contributed by atoms with Gasteiger partial charge in [0.1, 0.15) is 12.2 Å². The van der Waals surface area contributed by atoms with Crippen LogP contribution < -0.4 is 0 Å². The highest BCUT2D eigenvalue weighted by Gasteiger charge is 2.30. The molecule has 0 unspecified atom stereocenters. The lowest BCUT2D eigenvalue weighted by atomic mass is 10.0. The van der Waals surface area contributed by atoms with Crippen LogP contribution in [-0.4, -0.2) is 60.4 Å². The van der Waals surface area contributed by atoms with Crippen molar-refractivity contribution in [3.8, 4) is 0 Å². The Morgan fingerprint density at radius 1 is 1.19 bits per heavy atom. The van der Waals surface area contributed by atoms with Gasteiger partial charge in [-0.25, -0.2) is 9.59 Å². The van der Waals surface area contributed by atoms with Crippen LogP contribution in [0, 0.1) is 0 Å². The summed E-state index contributed by atoms with van der Waals surface area (Å²) in [4.78, 5) is 27.5. The van der Waals surface area contributed by atoms with Crippen molar-refractivity contribution in [3.05, 3.63) is 37.0 Å². The number of carbonyl (C=O) groups excluding carboxylic acids is 2. The predicted octanol–water partition coefficient (Wildman–Crippen LogP) is 4.78. The molecule has 2 amide bonds. The molecule has 0 bridgehead atoms. The Morgan fingerprint density at radius 2 is 1.74 bits per heavy atom. The number of hydrogen-bond donors (Lipinski definition) is 0. The van der Waals surface area contributed by atoms with Gasteiger partial charge in [-0.05, 0) is 39.2 Å². The summed E-state index contributed by atoms with van der Waals surface area (Å²) < 4.78 is 10.7. The average Bonchev–Trinajstić information content (AvgIpc) is 2.64. The van der Waals surface area contributed by atoms with E-state index in [9.17, 15) is 9.59 Å². The van der Waals surface area contributed by atoms with E-state index in [2.05, 4.69) is 13.2 Å². The van der Waals surface area contributed by atoms with Crippen LogP contribution >= 0.6 is 0 Å². The van der Waals surface area contributed by atoms with Crippen molar-refractivity contribution in [2.75, 3.05) is 26.7 Å². The second kappa shape index (κ2) is 12.2. The van der Waals surface area contributed by atoms with Crippen molar-refractivity contribution in [1.82, 2.24) is 9.80 Å². The van der Waals surface area contributed by atoms with Gasteiger partial charge in [-0.3, -0.25) is 0 Å². The van der Waals surface area contributed by atoms with Gasteiger partial charge in [-0.2, -0.15) is 0 Å². The molecule has 27 heavy (non-hydrogen) atoms. The van der Waals surface area contributed by atoms with Gasteiger partial charge in [-0.1, -0.05) is 45.2 Å². The van der Waals surface area contributed by atoms with Crippen molar-refractivity contribution in [3.63, 3.8) is 0 Å². The van der Waals surface area contributed by atoms with E-state index in [4.69, 9.17) is 9.47 Å². The Hall–Kier alpha value is -2.24. The molecule has 0 spiro atoms. The molecule has 154 valence electrons. The van der Waals surface area contributed by atoms with Crippen LogP contribution in [0.25, 0.3) is 0 Å². The molecule has 6 heteroatoms. The van der Waals surface area contributed by atoms with Crippen LogP contribution in [0.3, 0.4) is 0 Å². The summed E-state index contributed by atoms with van der Waals surface area (Å²) >= 11 is 0. The zero-order valence-corrected chi connectivity index (χ0v) is 17.8. The number of likely N-dealkylation sites (tertiary alicyclic amines) is 1. The molecule has 1 aliphatic heterocycles. The molecule has 0 aromatic heterocycles. The van der Waals surface area contributed by atoms with E-state index in [1.807, 2.05) is 34.6 Å². The van der Waals surface area contributed by atoms with E-state index in [0.717, 1.165) is 5.57 Å². The third-order valence-electron chi connectivity index (χ3n) is 3.91. The van der Waals surface area contributed by atoms with Gasteiger partial charge in [0.05, 0.1) is 0 Å². The lowest BCUT2D eigenvalue weighted by Crippen LogP contribution is -2.48. The molecule has 0 aliphatic carbocycles. The molecule has 1 aliphatic rings. The van der Waals surface area contributed by atoms with Gasteiger partial charge >= 0.3 is 12.2 Å². The smallest absolute Gasteiger partial charge is 0.410 e. The fourth-order valence-corrected chi connectivity index (χ4v) is 2.48. The van der Waals surface area contributed by atoms with Gasteiger partial charge in [0.2, 0.25) is 0 Å². The second-order valence-corrected chi connectivity index (χ2v) is 7.05. The number of hydrogen-bond acceptors (Lipinski definition) is 4. The number of ether oxygens (including phenoxy) is 2. The number of piperidine rings is 1. The molecule has 0 aromatic rings. The molecule has 1 saturated heterocycles. The van der Waals surface area contributed by atoms with Gasteiger partial charge in [0.15, 0.2) is 0 Å². The molecule has 0 radical (unpaired) electrons. The van der Waals surface area contributed by atoms with Crippen molar-refractivity contribution in [2.24, 2.45) is 0 Å². The maximum atomic E-state index is 12.2.